The number of benzene rings is 2. The number of hydrogen-bond acceptors (Lipinski definition) is 6. The van der Waals surface area contributed by atoms with Crippen LogP contribution in [0.2, 0.25) is 0 Å². The number of nitrogens with one attached hydrogen (secondary N) is 2. The van der Waals surface area contributed by atoms with Crippen LogP contribution in [0.25, 0.3) is 0 Å². The normalized spacial score (nSPS) is 20.8. The third kappa shape index (κ3) is 4.53. The van der Waals surface area contributed by atoms with Gasteiger partial charge in [0.15, 0.2) is 17.5 Å². The van der Waals surface area contributed by atoms with E-state index in [1.54, 1.807) is 6.07 Å². The monoisotopic (exact) mass is 442 g/mol. The van der Waals surface area contributed by atoms with Gasteiger partial charge in [0.25, 0.3) is 11.6 Å². The van der Waals surface area contributed by atoms with Crippen molar-refractivity contribution in [3.63, 3.8) is 0 Å². The van der Waals surface area contributed by atoms with Gasteiger partial charge in [-0.1, -0.05) is 26.0 Å². The van der Waals surface area contributed by atoms with E-state index in [0.717, 1.165) is 10.5 Å². The molecule has 2 aliphatic rings. The number of amides is 1. The fourth-order valence-corrected chi connectivity index (χ4v) is 4.31. The van der Waals surface area contributed by atoms with Crippen molar-refractivity contribution in [3.8, 4) is 11.5 Å². The summed E-state index contributed by atoms with van der Waals surface area (Å²) in [4.78, 5) is 25.7. The van der Waals surface area contributed by atoms with Crippen LogP contribution >= 0.6 is 0 Å². The number of nitro groups is 1. The first kappa shape index (κ1) is 22.0. The van der Waals surface area contributed by atoms with Gasteiger partial charge in [0.2, 0.25) is 6.79 Å². The number of ether oxygens (including phenoxy) is 2. The number of carbonyl (C=O) groups excluding carboxylic acids is 1. The molecule has 4 rings (SSSR count). The minimum absolute atomic E-state index is 0.0161. The van der Waals surface area contributed by atoms with Gasteiger partial charge in [-0.15, -0.1) is 0 Å². The number of piperidine rings is 1. The van der Waals surface area contributed by atoms with E-state index in [2.05, 4.69) is 19.2 Å². The summed E-state index contributed by atoms with van der Waals surface area (Å²) < 4.78 is 10.7. The van der Waals surface area contributed by atoms with Crippen LogP contribution < -0.4 is 19.7 Å². The van der Waals surface area contributed by atoms with Crippen molar-refractivity contribution in [2.75, 3.05) is 25.2 Å². The van der Waals surface area contributed by atoms with E-state index in [1.165, 1.54) is 6.07 Å². The first-order valence-corrected chi connectivity index (χ1v) is 10.8. The topological polar surface area (TPSA) is 115 Å². The van der Waals surface area contributed by atoms with E-state index in [-0.39, 0.29) is 24.0 Å². The fraction of sp³-hybridized carbons (Fsp3) is 0.435. The Morgan fingerprint density at radius 1 is 1.16 bits per heavy atom. The van der Waals surface area contributed by atoms with Crippen LogP contribution in [0.1, 0.15) is 49.8 Å². The second kappa shape index (κ2) is 9.13. The molecule has 0 saturated carbocycles. The predicted octanol–water partition coefficient (Wildman–Crippen LogP) is 2.17. The highest BCUT2D eigenvalue weighted by molar-refractivity contribution is 5.95. The second-order valence-electron chi connectivity index (χ2n) is 8.61. The zero-order valence-electron chi connectivity index (χ0n) is 18.2. The summed E-state index contributed by atoms with van der Waals surface area (Å²) in [6.07, 6.45) is 0.638. The zero-order chi connectivity index (χ0) is 22.8. The molecule has 170 valence electrons. The molecule has 1 fully saturated rings. The van der Waals surface area contributed by atoms with Crippen molar-refractivity contribution in [1.29, 1.82) is 0 Å². The zero-order valence-corrected chi connectivity index (χ0v) is 18.2. The Balaban J connectivity index is 1.69. The summed E-state index contributed by atoms with van der Waals surface area (Å²) in [5.41, 5.74) is 1.89. The molecule has 9 heteroatoms. The van der Waals surface area contributed by atoms with Gasteiger partial charge in [-0.2, -0.15) is 0 Å². The maximum absolute atomic E-state index is 13.5. The number of nitro benzene ring substituents is 1. The molecule has 0 radical (unpaired) electrons. The number of carbonyl (C=O) groups is 1. The van der Waals surface area contributed by atoms with Gasteiger partial charge in [0.1, 0.15) is 5.56 Å². The lowest BCUT2D eigenvalue weighted by molar-refractivity contribution is -0.927. The van der Waals surface area contributed by atoms with E-state index in [1.807, 2.05) is 24.3 Å². The number of likely N-dealkylation sites (tertiary alicyclic amines) is 1. The maximum atomic E-state index is 13.5. The lowest BCUT2D eigenvalue weighted by Gasteiger charge is -2.32. The quantitative estimate of drug-likeness (QED) is 0.467. The molecule has 0 aromatic heterocycles. The molecule has 0 aliphatic carbocycles. The van der Waals surface area contributed by atoms with E-state index in [9.17, 15) is 20.0 Å². The Labute approximate surface area is 186 Å². The highest BCUT2D eigenvalue weighted by Crippen LogP contribution is 2.40. The van der Waals surface area contributed by atoms with E-state index >= 15 is 0 Å². The van der Waals surface area contributed by atoms with Gasteiger partial charge in [0.05, 0.1) is 30.2 Å². The molecule has 2 heterocycles. The van der Waals surface area contributed by atoms with Crippen molar-refractivity contribution < 1.29 is 29.2 Å². The molecule has 2 aromatic rings. The molecule has 1 amide bonds. The molecule has 1 atom stereocenters. The second-order valence-corrected chi connectivity index (χ2v) is 8.61. The Hall–Kier alpha value is -3.17. The van der Waals surface area contributed by atoms with E-state index in [4.69, 9.17) is 9.47 Å². The first-order valence-electron chi connectivity index (χ1n) is 10.8. The summed E-state index contributed by atoms with van der Waals surface area (Å²) in [6.45, 7) is 5.22. The van der Waals surface area contributed by atoms with E-state index in [0.29, 0.717) is 49.0 Å². The minimum atomic E-state index is -0.831. The summed E-state index contributed by atoms with van der Waals surface area (Å²) in [7, 11) is 0. The lowest BCUT2D eigenvalue weighted by Crippen LogP contribution is -3.14. The Morgan fingerprint density at radius 3 is 2.38 bits per heavy atom. The molecule has 0 bridgehead atoms. The standard InChI is InChI=1S/C23H27N3O6/c1-14(2)15-3-5-16(6-4-15)24-23(28)22(25-9-7-17(27)8-10-25)18-11-20-21(32-13-31-20)12-19(18)26(29)30/h3-6,11-12,14,17,22,27H,7-10,13H2,1-2H3,(H,24,28)/p+1. The van der Waals surface area contributed by atoms with Gasteiger partial charge in [0, 0.05) is 24.6 Å². The molecule has 0 spiro atoms. The van der Waals surface area contributed by atoms with Crippen molar-refractivity contribution in [1.82, 2.24) is 0 Å². The van der Waals surface area contributed by atoms with Crippen molar-refractivity contribution in [2.45, 2.75) is 44.8 Å². The SMILES string of the molecule is CC(C)c1ccc(NC(=O)C(c2cc3c(cc2[N+](=O)[O-])OCO3)[NH+]2CCC(O)CC2)cc1. The largest absolute Gasteiger partial charge is 0.454 e. The molecular weight excluding hydrogens is 414 g/mol. The highest BCUT2D eigenvalue weighted by Gasteiger charge is 2.40. The van der Waals surface area contributed by atoms with E-state index < -0.39 is 17.1 Å². The number of quaternary nitrogens is 1. The third-order valence-electron chi connectivity index (χ3n) is 6.14. The number of hydrogen-bond donors (Lipinski definition) is 3. The summed E-state index contributed by atoms with van der Waals surface area (Å²) in [5.74, 6) is 0.720. The van der Waals surface area contributed by atoms with Gasteiger partial charge in [-0.3, -0.25) is 14.9 Å². The summed E-state index contributed by atoms with van der Waals surface area (Å²) in [6, 6.07) is 9.65. The van der Waals surface area contributed by atoms with Crippen LogP contribution in [0.15, 0.2) is 36.4 Å². The smallest absolute Gasteiger partial charge is 0.287 e. The van der Waals surface area contributed by atoms with Crippen LogP contribution in [0.4, 0.5) is 11.4 Å². The number of anilines is 1. The van der Waals surface area contributed by atoms with Gasteiger partial charge >= 0.3 is 0 Å². The average molecular weight is 442 g/mol. The Morgan fingerprint density at radius 2 is 1.78 bits per heavy atom. The molecule has 3 N–H and O–H groups in total. The average Bonchev–Trinajstić information content (AvgIpc) is 3.22. The number of fused-ring (bicyclic) bond motifs is 1. The number of aliphatic hydroxyl groups excluding tert-OH is 1. The van der Waals surface area contributed by atoms with Gasteiger partial charge in [-0.25, -0.2) is 0 Å². The molecule has 2 aliphatic heterocycles. The number of aliphatic hydroxyl groups is 1. The molecule has 1 saturated heterocycles. The molecular formula is C23H28N3O6+. The first-order chi connectivity index (χ1) is 15.3. The Bertz CT molecular complexity index is 1000. The summed E-state index contributed by atoms with van der Waals surface area (Å²) in [5, 5.41) is 24.7. The number of rotatable bonds is 6. The van der Waals surface area contributed by atoms with Gasteiger partial charge < -0.3 is 24.8 Å². The van der Waals surface area contributed by atoms with Crippen molar-refractivity contribution in [3.05, 3.63) is 57.6 Å². The predicted molar refractivity (Wildman–Crippen MR) is 117 cm³/mol. The maximum Gasteiger partial charge on any atom is 0.287 e. The molecule has 2 aromatic carbocycles. The fourth-order valence-electron chi connectivity index (χ4n) is 4.31. The minimum Gasteiger partial charge on any atom is -0.454 e. The third-order valence-corrected chi connectivity index (χ3v) is 6.14. The molecule has 32 heavy (non-hydrogen) atoms. The summed E-state index contributed by atoms with van der Waals surface area (Å²) >= 11 is 0. The van der Waals surface area contributed by atoms with Crippen molar-refractivity contribution >= 4 is 17.3 Å². The van der Waals surface area contributed by atoms with Crippen LogP contribution in [0, 0.1) is 10.1 Å². The Kier molecular flexibility index (Phi) is 6.29. The highest BCUT2D eigenvalue weighted by atomic mass is 16.7. The van der Waals surface area contributed by atoms with Crippen LogP contribution in [-0.4, -0.2) is 41.9 Å². The van der Waals surface area contributed by atoms with Crippen LogP contribution in [-0.2, 0) is 4.79 Å². The van der Waals surface area contributed by atoms with Crippen LogP contribution in [0.5, 0.6) is 11.5 Å². The number of nitrogens with zero attached hydrogens (tertiary/aromatic N) is 1. The molecule has 1 unspecified atom stereocenters. The lowest BCUT2D eigenvalue weighted by atomic mass is 9.97. The van der Waals surface area contributed by atoms with Crippen LogP contribution in [0.3, 0.4) is 0 Å². The van der Waals surface area contributed by atoms with Crippen molar-refractivity contribution in [2.24, 2.45) is 0 Å². The molecule has 9 nitrogen and oxygen atoms in total. The van der Waals surface area contributed by atoms with Gasteiger partial charge in [-0.05, 0) is 23.6 Å².